The molecule has 0 saturated carbocycles. The van der Waals surface area contributed by atoms with Crippen LogP contribution in [0.25, 0.3) is 11.1 Å². The molecule has 0 atom stereocenters. The van der Waals surface area contributed by atoms with E-state index in [1.807, 2.05) is 24.3 Å². The minimum atomic E-state index is -3.70. The molecule has 3 aromatic rings. The predicted molar refractivity (Wildman–Crippen MR) is 230 cm³/mol. The number of hydrogen-bond donors (Lipinski definition) is 2. The normalized spacial score (nSPS) is 16.8. The van der Waals surface area contributed by atoms with Crippen LogP contribution in [0.5, 0.6) is 0 Å². The minimum Gasteiger partial charge on any atom is -0.382 e. The Morgan fingerprint density at radius 3 is 2.05 bits per heavy atom. The lowest BCUT2D eigenvalue weighted by atomic mass is 9.81. The molecule has 2 N–H and O–H groups in total. The van der Waals surface area contributed by atoms with Crippen LogP contribution >= 0.6 is 0 Å². The first-order valence-electron chi connectivity index (χ1n) is 19.9. The van der Waals surface area contributed by atoms with Crippen LogP contribution in [0.3, 0.4) is 0 Å². The number of anilines is 1. The van der Waals surface area contributed by atoms with Crippen molar-refractivity contribution < 1.29 is 40.4 Å². The third-order valence-electron chi connectivity index (χ3n) is 10.9. The fourth-order valence-corrected chi connectivity index (χ4v) is 9.39. The summed E-state index contributed by atoms with van der Waals surface area (Å²) in [4.78, 5) is 2.76. The minimum absolute atomic E-state index is 0.165. The molecule has 2 aliphatic rings. The van der Waals surface area contributed by atoms with E-state index in [4.69, 9.17) is 18.9 Å². The molecular weight excluding hydrogens is 777 g/mol. The van der Waals surface area contributed by atoms with Crippen LogP contribution < -0.4 is 14.3 Å². The van der Waals surface area contributed by atoms with Gasteiger partial charge in [0, 0.05) is 68.2 Å². The van der Waals surface area contributed by atoms with Gasteiger partial charge >= 0.3 is 0 Å². The highest BCUT2D eigenvalue weighted by Gasteiger charge is 2.45. The highest BCUT2D eigenvalue weighted by atomic mass is 32.2. The van der Waals surface area contributed by atoms with Crippen LogP contribution in [0.1, 0.15) is 58.6 Å². The average Bonchev–Trinajstić information content (AvgIpc) is 3.55. The van der Waals surface area contributed by atoms with Crippen molar-refractivity contribution in [2.24, 2.45) is 0 Å². The van der Waals surface area contributed by atoms with Gasteiger partial charge in [0.05, 0.1) is 54.8 Å². The summed E-state index contributed by atoms with van der Waals surface area (Å²) in [6, 6.07) is 18.8. The Hall–Kier alpha value is -3.73. The molecule has 0 amide bonds. The maximum atomic E-state index is 13.0. The Bertz CT molecular complexity index is 2210. The first kappa shape index (κ1) is 45.4. The Kier molecular flexibility index (Phi) is 15.3. The summed E-state index contributed by atoms with van der Waals surface area (Å²) in [5.41, 5.74) is 7.52. The molecule has 0 radical (unpaired) electrons. The number of benzene rings is 3. The zero-order valence-corrected chi connectivity index (χ0v) is 36.9. The zero-order valence-electron chi connectivity index (χ0n) is 35.3. The summed E-state index contributed by atoms with van der Waals surface area (Å²) < 4.78 is 80.4. The first-order valence-corrected chi connectivity index (χ1v) is 22.9. The van der Waals surface area contributed by atoms with E-state index in [0.717, 1.165) is 64.4 Å². The number of unbranched alkanes of at least 4 members (excludes halogenated alkanes) is 1. The van der Waals surface area contributed by atoms with Gasteiger partial charge in [0.1, 0.15) is 6.54 Å². The van der Waals surface area contributed by atoms with Gasteiger partial charge in [-0.25, -0.2) is 26.3 Å². The van der Waals surface area contributed by atoms with Crippen molar-refractivity contribution >= 4 is 37.1 Å². The first-order chi connectivity index (χ1) is 27.6. The lowest BCUT2D eigenvalue weighted by Gasteiger charge is -2.27. The van der Waals surface area contributed by atoms with Crippen LogP contribution in [0.4, 0.5) is 11.4 Å². The Morgan fingerprint density at radius 2 is 1.40 bits per heavy atom. The summed E-state index contributed by atoms with van der Waals surface area (Å²) in [5.74, 6) is 0. The molecule has 58 heavy (non-hydrogen) atoms. The van der Waals surface area contributed by atoms with Crippen LogP contribution in [0.2, 0.25) is 0 Å². The molecular formula is C44H61N4O8S2+. The number of rotatable bonds is 22. The third kappa shape index (κ3) is 9.99. The monoisotopic (exact) mass is 837 g/mol. The highest BCUT2D eigenvalue weighted by molar-refractivity contribution is 7.89. The van der Waals surface area contributed by atoms with Crippen LogP contribution in [0.15, 0.2) is 94.4 Å². The van der Waals surface area contributed by atoms with Gasteiger partial charge in [-0.1, -0.05) is 51.5 Å². The molecule has 12 nitrogen and oxygen atoms in total. The predicted octanol–water partition coefficient (Wildman–Crippen LogP) is 6.28. The van der Waals surface area contributed by atoms with Gasteiger partial charge in [-0.3, -0.25) is 0 Å². The number of fused-ring (bicyclic) bond motifs is 2. The van der Waals surface area contributed by atoms with Crippen molar-refractivity contribution in [3.8, 4) is 11.1 Å². The maximum Gasteiger partial charge on any atom is 0.240 e. The van der Waals surface area contributed by atoms with E-state index in [9.17, 15) is 16.8 Å². The standard InChI is InChI=1S/C44H61N4O8S2/c1-9-10-23-47-40-21-19-36(57(49,50)45-6)32-38(40)44(4,5)41(47)12-11-13-42-43(2,3)37-31-34(16-20-39(37)48(42)24-26-56-30-28-54-8)33-14-17-35(18-15-33)58(51,52)46-22-25-55-29-27-53-7/h11-21,31-32,45-46H,9-10,22-30H2,1-8H3/q+1. The van der Waals surface area contributed by atoms with Gasteiger partial charge in [-0.2, -0.15) is 4.58 Å². The van der Waals surface area contributed by atoms with Gasteiger partial charge in [-0.15, -0.1) is 0 Å². The molecule has 0 aliphatic carbocycles. The SMILES string of the molecule is CCCC[N+]1=C(C=CC=C2N(CCOCCOC)c3ccc(-c4ccc(S(=O)(=O)NCCOCCOC)cc4)cc3C2(C)C)C(C)(C)c2cc(S(=O)(=O)NC)ccc21. The van der Waals surface area contributed by atoms with Gasteiger partial charge in [-0.05, 0) is 80.1 Å². The van der Waals surface area contributed by atoms with Crippen LogP contribution in [-0.2, 0) is 49.8 Å². The van der Waals surface area contributed by atoms with E-state index in [1.165, 1.54) is 7.05 Å². The molecule has 0 bridgehead atoms. The quantitative estimate of drug-likeness (QED) is 0.0886. The fourth-order valence-electron chi connectivity index (χ4n) is 7.63. The topological polar surface area (TPSA) is 136 Å². The van der Waals surface area contributed by atoms with E-state index < -0.39 is 30.9 Å². The number of sulfonamides is 2. The third-order valence-corrected chi connectivity index (χ3v) is 13.8. The van der Waals surface area contributed by atoms with Gasteiger partial charge in [0.15, 0.2) is 5.71 Å². The second-order valence-electron chi connectivity index (χ2n) is 15.5. The zero-order chi connectivity index (χ0) is 42.1. The Labute approximate surface area is 346 Å². The van der Waals surface area contributed by atoms with Crippen molar-refractivity contribution in [2.45, 2.75) is 68.1 Å². The number of methoxy groups -OCH3 is 2. The van der Waals surface area contributed by atoms with Crippen LogP contribution in [0, 0.1) is 0 Å². The van der Waals surface area contributed by atoms with Gasteiger partial charge in [0.2, 0.25) is 25.7 Å². The van der Waals surface area contributed by atoms with Crippen molar-refractivity contribution in [3.05, 3.63) is 95.7 Å². The largest absolute Gasteiger partial charge is 0.382 e. The van der Waals surface area contributed by atoms with E-state index in [0.29, 0.717) is 39.6 Å². The average molecular weight is 838 g/mol. The summed E-state index contributed by atoms with van der Waals surface area (Å²) in [6.45, 7) is 15.2. The molecule has 316 valence electrons. The fraction of sp³-hybridized carbons (Fsp3) is 0.477. The van der Waals surface area contributed by atoms with Crippen molar-refractivity contribution in [3.63, 3.8) is 0 Å². The lowest BCUT2D eigenvalue weighted by molar-refractivity contribution is -0.438. The lowest BCUT2D eigenvalue weighted by Crippen LogP contribution is -2.29. The summed E-state index contributed by atoms with van der Waals surface area (Å²) in [5, 5.41) is 0. The number of allylic oxidation sites excluding steroid dienone is 4. The maximum absolute atomic E-state index is 13.0. The van der Waals surface area contributed by atoms with Crippen molar-refractivity contribution in [1.82, 2.24) is 9.44 Å². The highest BCUT2D eigenvalue weighted by Crippen LogP contribution is 2.49. The van der Waals surface area contributed by atoms with E-state index in [2.05, 4.69) is 90.0 Å². The van der Waals surface area contributed by atoms with Crippen molar-refractivity contribution in [1.29, 1.82) is 0 Å². The Morgan fingerprint density at radius 1 is 0.741 bits per heavy atom. The molecule has 2 aliphatic heterocycles. The van der Waals surface area contributed by atoms with Crippen LogP contribution in [-0.4, -0.2) is 108 Å². The summed E-state index contributed by atoms with van der Waals surface area (Å²) in [7, 11) is -2.62. The number of nitrogens with one attached hydrogen (secondary N) is 2. The van der Waals surface area contributed by atoms with E-state index in [-0.39, 0.29) is 22.9 Å². The molecule has 0 unspecified atom stereocenters. The number of nitrogens with zero attached hydrogens (tertiary/aromatic N) is 2. The number of ether oxygens (including phenoxy) is 4. The molecule has 0 aromatic heterocycles. The van der Waals surface area contributed by atoms with E-state index in [1.54, 1.807) is 32.4 Å². The molecule has 5 rings (SSSR count). The number of hydrogen-bond acceptors (Lipinski definition) is 9. The van der Waals surface area contributed by atoms with Gasteiger partial charge in [0.25, 0.3) is 0 Å². The second-order valence-corrected chi connectivity index (χ2v) is 19.1. The van der Waals surface area contributed by atoms with Crippen molar-refractivity contribution in [2.75, 3.05) is 85.4 Å². The molecule has 0 spiro atoms. The molecule has 3 aromatic carbocycles. The Balaban J connectivity index is 1.46. The summed E-state index contributed by atoms with van der Waals surface area (Å²) in [6.07, 6.45) is 8.50. The smallest absolute Gasteiger partial charge is 0.240 e. The molecule has 14 heteroatoms. The second kappa shape index (κ2) is 19.6. The van der Waals surface area contributed by atoms with E-state index >= 15 is 0 Å². The van der Waals surface area contributed by atoms with Gasteiger partial charge < -0.3 is 23.8 Å². The molecule has 0 saturated heterocycles. The molecule has 0 fully saturated rings. The molecule has 2 heterocycles. The summed E-state index contributed by atoms with van der Waals surface area (Å²) >= 11 is 0.